The first-order valence-electron chi connectivity index (χ1n) is 12.4. The number of hydrogen-bond acceptors (Lipinski definition) is 9. The number of phenolic OH excluding ortho intramolecular Hbond substituents is 2. The molecule has 1 aliphatic rings. The SMILES string of the molecule is COC1C=CC=C(C)C(=O)Nc2cc(O)c(N)c(c2O)C=C(C)CC(OC)C(O)C(C)C=C(C)C1OC(N)=O. The minimum absolute atomic E-state index is 0.0399. The molecule has 1 aromatic carbocycles. The van der Waals surface area contributed by atoms with Crippen molar-refractivity contribution in [3.63, 3.8) is 0 Å². The Morgan fingerprint density at radius 2 is 1.82 bits per heavy atom. The first-order valence-corrected chi connectivity index (χ1v) is 12.4. The number of rotatable bonds is 3. The van der Waals surface area contributed by atoms with Crippen molar-refractivity contribution in [2.24, 2.45) is 11.7 Å². The van der Waals surface area contributed by atoms with Gasteiger partial charge in [-0.25, -0.2) is 4.79 Å². The maximum Gasteiger partial charge on any atom is 0.405 e. The van der Waals surface area contributed by atoms with Gasteiger partial charge in [0.1, 0.15) is 17.6 Å². The summed E-state index contributed by atoms with van der Waals surface area (Å²) in [5.41, 5.74) is 12.9. The molecule has 0 saturated heterocycles. The Balaban J connectivity index is 2.69. The minimum Gasteiger partial charge on any atom is -0.506 e. The number of ether oxygens (including phenoxy) is 3. The van der Waals surface area contributed by atoms with E-state index < -0.39 is 42.3 Å². The summed E-state index contributed by atoms with van der Waals surface area (Å²) in [5.74, 6) is -1.64. The molecule has 39 heavy (non-hydrogen) atoms. The number of benzene rings is 1. The van der Waals surface area contributed by atoms with Gasteiger partial charge in [0, 0.05) is 37.3 Å². The highest BCUT2D eigenvalue weighted by molar-refractivity contribution is 6.05. The van der Waals surface area contributed by atoms with Crippen LogP contribution < -0.4 is 16.8 Å². The number of primary amides is 1. The van der Waals surface area contributed by atoms with E-state index in [0.717, 1.165) is 6.07 Å². The van der Waals surface area contributed by atoms with E-state index in [0.29, 0.717) is 11.1 Å². The number of anilines is 2. The lowest BCUT2D eigenvalue weighted by molar-refractivity contribution is -0.112. The highest BCUT2D eigenvalue weighted by Crippen LogP contribution is 2.40. The summed E-state index contributed by atoms with van der Waals surface area (Å²) in [6, 6.07) is 1.16. The zero-order chi connectivity index (χ0) is 29.4. The lowest BCUT2D eigenvalue weighted by Gasteiger charge is -2.28. The first-order chi connectivity index (χ1) is 18.3. The van der Waals surface area contributed by atoms with Crippen molar-refractivity contribution in [3.05, 3.63) is 52.7 Å². The number of nitrogens with two attached hydrogens (primary N) is 2. The third-order valence-corrected chi connectivity index (χ3v) is 6.54. The normalized spacial score (nSPS) is 25.3. The molecule has 1 aromatic rings. The van der Waals surface area contributed by atoms with E-state index in [2.05, 4.69) is 5.32 Å². The van der Waals surface area contributed by atoms with Crippen LogP contribution in [-0.2, 0) is 19.0 Å². The third kappa shape index (κ3) is 8.09. The zero-order valence-corrected chi connectivity index (χ0v) is 23.1. The van der Waals surface area contributed by atoms with Crippen LogP contribution in [0.4, 0.5) is 16.2 Å². The number of nitrogen functional groups attached to an aromatic ring is 1. The Morgan fingerprint density at radius 3 is 2.41 bits per heavy atom. The molecule has 5 unspecified atom stereocenters. The van der Waals surface area contributed by atoms with Gasteiger partial charge in [0.15, 0.2) is 6.10 Å². The molecule has 1 aliphatic heterocycles. The van der Waals surface area contributed by atoms with Crippen LogP contribution in [0.15, 0.2) is 47.1 Å². The van der Waals surface area contributed by atoms with Crippen LogP contribution in [0.25, 0.3) is 6.08 Å². The highest BCUT2D eigenvalue weighted by Gasteiger charge is 2.28. The fourth-order valence-electron chi connectivity index (χ4n) is 4.30. The van der Waals surface area contributed by atoms with Crippen LogP contribution in [0.3, 0.4) is 0 Å². The number of fused-ring (bicyclic) bond motifs is 2. The molecular weight excluding hydrogens is 506 g/mol. The number of allylic oxidation sites excluding steroid dienone is 2. The van der Waals surface area contributed by atoms with Crippen LogP contribution in [0, 0.1) is 5.92 Å². The van der Waals surface area contributed by atoms with E-state index in [1.807, 2.05) is 0 Å². The van der Waals surface area contributed by atoms with Gasteiger partial charge in [0.2, 0.25) is 0 Å². The number of amides is 2. The molecule has 214 valence electrons. The van der Waals surface area contributed by atoms with Gasteiger partial charge in [-0.05, 0) is 38.8 Å². The Hall–Kier alpha value is -3.80. The van der Waals surface area contributed by atoms with E-state index in [1.165, 1.54) is 20.3 Å². The number of hydrogen-bond donors (Lipinski definition) is 6. The number of carbonyl (C=O) groups excluding carboxylic acids is 2. The molecule has 2 amide bonds. The van der Waals surface area contributed by atoms with Crippen LogP contribution >= 0.6 is 0 Å². The molecule has 11 heteroatoms. The van der Waals surface area contributed by atoms with Crippen LogP contribution in [0.1, 0.15) is 39.7 Å². The molecule has 11 nitrogen and oxygen atoms in total. The van der Waals surface area contributed by atoms with Crippen molar-refractivity contribution in [2.75, 3.05) is 25.3 Å². The molecule has 5 atom stereocenters. The van der Waals surface area contributed by atoms with Crippen LogP contribution in [0.2, 0.25) is 0 Å². The summed E-state index contributed by atoms with van der Waals surface area (Å²) >= 11 is 0. The highest BCUT2D eigenvalue weighted by atomic mass is 16.6. The van der Waals surface area contributed by atoms with Gasteiger partial charge in [0.25, 0.3) is 5.91 Å². The summed E-state index contributed by atoms with van der Waals surface area (Å²) in [5, 5.41) is 34.9. The van der Waals surface area contributed by atoms with E-state index in [1.54, 1.807) is 52.0 Å². The third-order valence-electron chi connectivity index (χ3n) is 6.54. The largest absolute Gasteiger partial charge is 0.506 e. The first kappa shape index (κ1) is 31.4. The number of nitrogens with one attached hydrogen (secondary N) is 1. The van der Waals surface area contributed by atoms with Gasteiger partial charge in [0.05, 0.1) is 23.6 Å². The van der Waals surface area contributed by atoms with Crippen molar-refractivity contribution >= 4 is 29.5 Å². The fraction of sp³-hybridized carbons (Fsp3) is 0.429. The molecule has 0 saturated carbocycles. The van der Waals surface area contributed by atoms with Gasteiger partial charge >= 0.3 is 6.09 Å². The average Bonchev–Trinajstić information content (AvgIpc) is 2.88. The van der Waals surface area contributed by atoms with Crippen molar-refractivity contribution in [1.29, 1.82) is 0 Å². The number of methoxy groups -OCH3 is 2. The van der Waals surface area contributed by atoms with E-state index in [9.17, 15) is 24.9 Å². The molecule has 2 rings (SSSR count). The van der Waals surface area contributed by atoms with Gasteiger partial charge < -0.3 is 46.3 Å². The number of carbonyl (C=O) groups is 2. The van der Waals surface area contributed by atoms with E-state index in [-0.39, 0.29) is 40.4 Å². The number of aliphatic hydroxyl groups is 1. The Bertz CT molecular complexity index is 1190. The monoisotopic (exact) mass is 545 g/mol. The molecule has 0 aromatic heterocycles. The van der Waals surface area contributed by atoms with Crippen molar-refractivity contribution in [2.45, 2.75) is 58.5 Å². The summed E-state index contributed by atoms with van der Waals surface area (Å²) in [4.78, 5) is 24.5. The maximum atomic E-state index is 12.8. The molecule has 0 fully saturated rings. The zero-order valence-electron chi connectivity index (χ0n) is 23.1. The molecular formula is C28H39N3O8. The quantitative estimate of drug-likeness (QED) is 0.143. The van der Waals surface area contributed by atoms with Crippen molar-refractivity contribution in [3.8, 4) is 11.5 Å². The molecule has 8 N–H and O–H groups in total. The summed E-state index contributed by atoms with van der Waals surface area (Å²) in [6.45, 7) is 6.83. The minimum atomic E-state index is -1.000. The second-order valence-electron chi connectivity index (χ2n) is 9.60. The maximum absolute atomic E-state index is 12.8. The predicted molar refractivity (Wildman–Crippen MR) is 149 cm³/mol. The molecule has 2 bridgehead atoms. The standard InChI is InChI=1S/C28H39N3O8/c1-14-10-18-23(29)20(32)13-19(25(18)34)31-27(35)15(2)8-7-9-21(37-5)26(39-28(30)36)17(4)12-16(3)24(33)22(11-14)38-6/h7-10,12-13,16,21-22,24,26,32-34H,11,29H2,1-6H3,(H2,30,36)(H,31,35). The second-order valence-corrected chi connectivity index (χ2v) is 9.60. The Morgan fingerprint density at radius 1 is 1.15 bits per heavy atom. The van der Waals surface area contributed by atoms with Crippen molar-refractivity contribution < 1.29 is 39.1 Å². The molecule has 1 heterocycles. The lowest BCUT2D eigenvalue weighted by Crippen LogP contribution is -2.36. The number of aliphatic hydroxyl groups excluding tert-OH is 1. The lowest BCUT2D eigenvalue weighted by atomic mass is 9.91. The molecule has 0 radical (unpaired) electrons. The topological polar surface area (TPSA) is 187 Å². The van der Waals surface area contributed by atoms with Gasteiger partial charge in [-0.3, -0.25) is 4.79 Å². The van der Waals surface area contributed by atoms with Gasteiger partial charge in [-0.2, -0.15) is 0 Å². The molecule has 0 spiro atoms. The summed E-state index contributed by atoms with van der Waals surface area (Å²) in [6.07, 6.45) is 3.89. The van der Waals surface area contributed by atoms with Crippen LogP contribution in [-0.4, -0.2) is 66.0 Å². The summed E-state index contributed by atoms with van der Waals surface area (Å²) < 4.78 is 16.4. The fourth-order valence-corrected chi connectivity index (χ4v) is 4.30. The average molecular weight is 546 g/mol. The van der Waals surface area contributed by atoms with E-state index in [4.69, 9.17) is 25.7 Å². The van der Waals surface area contributed by atoms with Gasteiger partial charge in [-0.1, -0.05) is 36.8 Å². The number of aromatic hydroxyl groups is 2. The second kappa shape index (κ2) is 13.8. The Kier molecular flexibility index (Phi) is 11.1. The Labute approximate surface area is 228 Å². The van der Waals surface area contributed by atoms with Crippen LogP contribution in [0.5, 0.6) is 11.5 Å². The predicted octanol–water partition coefficient (Wildman–Crippen LogP) is 3.37. The van der Waals surface area contributed by atoms with Crippen molar-refractivity contribution in [1.82, 2.24) is 0 Å². The number of phenols is 2. The van der Waals surface area contributed by atoms with Gasteiger partial charge in [-0.15, -0.1) is 0 Å². The van der Waals surface area contributed by atoms with E-state index >= 15 is 0 Å². The summed E-state index contributed by atoms with van der Waals surface area (Å²) in [7, 11) is 2.90. The smallest absolute Gasteiger partial charge is 0.405 e. The molecule has 0 aliphatic carbocycles.